The Morgan fingerprint density at radius 3 is 2.75 bits per heavy atom. The third kappa shape index (κ3) is 1.72. The lowest BCUT2D eigenvalue weighted by molar-refractivity contribution is -0.0989. The van der Waals surface area contributed by atoms with Crippen LogP contribution in [0.5, 0.6) is 0 Å². The van der Waals surface area contributed by atoms with Gasteiger partial charge in [0.25, 0.3) is 5.56 Å². The molecule has 0 saturated heterocycles. The summed E-state index contributed by atoms with van der Waals surface area (Å²) in [7, 11) is 1.75. The molecule has 24 heavy (non-hydrogen) atoms. The zero-order chi connectivity index (χ0) is 16.5. The van der Waals surface area contributed by atoms with E-state index < -0.39 is 0 Å². The highest BCUT2D eigenvalue weighted by molar-refractivity contribution is 5.85. The van der Waals surface area contributed by atoms with Crippen molar-refractivity contribution in [1.82, 2.24) is 19.6 Å². The lowest BCUT2D eigenvalue weighted by Crippen LogP contribution is -2.59. The average molecular weight is 321 g/mol. The van der Waals surface area contributed by atoms with Crippen LogP contribution in [-0.4, -0.2) is 19.6 Å². The van der Waals surface area contributed by atoms with Gasteiger partial charge in [0.2, 0.25) is 0 Å². The molecule has 0 amide bonds. The van der Waals surface area contributed by atoms with Gasteiger partial charge in [0.15, 0.2) is 0 Å². The molecule has 3 saturated carbocycles. The van der Waals surface area contributed by atoms with Gasteiger partial charge >= 0.3 is 0 Å². The van der Waals surface area contributed by atoms with Crippen LogP contribution in [0, 0.1) is 5.92 Å². The molecule has 1 atom stereocenters. The predicted octanol–water partition coefficient (Wildman–Crippen LogP) is 1.69. The van der Waals surface area contributed by atoms with Crippen molar-refractivity contribution in [2.24, 2.45) is 18.7 Å². The smallest absolute Gasteiger partial charge is 0.258 e. The summed E-state index contributed by atoms with van der Waals surface area (Å²) in [6.07, 6.45) is 7.42. The van der Waals surface area contributed by atoms with Crippen molar-refractivity contribution in [2.45, 2.75) is 30.8 Å². The van der Waals surface area contributed by atoms with Crippen molar-refractivity contribution in [3.05, 3.63) is 58.3 Å². The number of rotatable bonds is 3. The number of aryl methyl sites for hydroxylation is 1. The van der Waals surface area contributed by atoms with Gasteiger partial charge in [0.1, 0.15) is 5.69 Å². The van der Waals surface area contributed by atoms with Crippen molar-refractivity contribution in [3.63, 3.8) is 0 Å². The van der Waals surface area contributed by atoms with Crippen molar-refractivity contribution >= 4 is 10.8 Å². The van der Waals surface area contributed by atoms with Crippen LogP contribution in [0.2, 0.25) is 0 Å². The topological polar surface area (TPSA) is 78.7 Å². The summed E-state index contributed by atoms with van der Waals surface area (Å²) in [5.74, 6) is 0.889. The fraction of sp³-hybridized carbons (Fsp3) is 0.389. The van der Waals surface area contributed by atoms with Crippen LogP contribution < -0.4 is 11.3 Å². The molecule has 2 aromatic heterocycles. The molecule has 2 heterocycles. The summed E-state index contributed by atoms with van der Waals surface area (Å²) < 4.78 is 3.59. The number of hydrogen-bond donors (Lipinski definition) is 1. The highest BCUT2D eigenvalue weighted by Crippen LogP contribution is 2.61. The van der Waals surface area contributed by atoms with Crippen molar-refractivity contribution < 1.29 is 0 Å². The Hall–Kier alpha value is -2.47. The number of nitrogens with zero attached hydrogens (tertiary/aromatic N) is 4. The Balaban J connectivity index is 1.57. The molecule has 2 N–H and O–H groups in total. The van der Waals surface area contributed by atoms with Gasteiger partial charge in [-0.05, 0) is 48.3 Å². The molecule has 6 rings (SSSR count). The average Bonchev–Trinajstić information content (AvgIpc) is 2.96. The predicted molar refractivity (Wildman–Crippen MR) is 90.6 cm³/mol. The number of hydrogen-bond acceptors (Lipinski definition) is 4. The second-order valence-corrected chi connectivity index (χ2v) is 7.31. The standard InChI is InChI=1S/C18H19N5O/c1-22-6-5-12-13(3-2-4-14(12)17(22)24)16(19)15-10-23(21-20-15)18-7-11(8-18)9-18/h2-6,10-11,16H,7-9,19H2,1H3/t11?,16-,18?/m0/s1. The number of nitrogens with two attached hydrogens (primary N) is 1. The minimum absolute atomic E-state index is 0.0147. The van der Waals surface area contributed by atoms with Gasteiger partial charge in [-0.1, -0.05) is 17.3 Å². The molecule has 3 aliphatic carbocycles. The summed E-state index contributed by atoms with van der Waals surface area (Å²) in [5, 5.41) is 10.2. The Morgan fingerprint density at radius 1 is 1.25 bits per heavy atom. The summed E-state index contributed by atoms with van der Waals surface area (Å²) in [4.78, 5) is 12.3. The molecular weight excluding hydrogens is 302 g/mol. The molecule has 2 bridgehead atoms. The van der Waals surface area contributed by atoms with Gasteiger partial charge in [-0.2, -0.15) is 0 Å². The van der Waals surface area contributed by atoms with Crippen LogP contribution in [0.4, 0.5) is 0 Å². The molecular formula is C18H19N5O. The van der Waals surface area contributed by atoms with Crippen LogP contribution in [0.1, 0.15) is 36.6 Å². The lowest BCUT2D eigenvalue weighted by atomic mass is 9.50. The third-order valence-electron chi connectivity index (χ3n) is 5.81. The van der Waals surface area contributed by atoms with Crippen molar-refractivity contribution in [2.75, 3.05) is 0 Å². The molecule has 3 aliphatic rings. The number of pyridine rings is 1. The molecule has 122 valence electrons. The highest BCUT2D eigenvalue weighted by Gasteiger charge is 2.58. The van der Waals surface area contributed by atoms with E-state index in [1.54, 1.807) is 17.8 Å². The van der Waals surface area contributed by atoms with Crippen LogP contribution >= 0.6 is 0 Å². The number of benzene rings is 1. The molecule has 1 aromatic carbocycles. The normalized spacial score (nSPS) is 26.0. The van der Waals surface area contributed by atoms with Gasteiger partial charge < -0.3 is 10.3 Å². The highest BCUT2D eigenvalue weighted by atomic mass is 16.1. The van der Waals surface area contributed by atoms with Crippen LogP contribution in [0.3, 0.4) is 0 Å². The van der Waals surface area contributed by atoms with Crippen molar-refractivity contribution in [3.8, 4) is 0 Å². The van der Waals surface area contributed by atoms with Gasteiger partial charge in [-0.25, -0.2) is 4.68 Å². The van der Waals surface area contributed by atoms with E-state index in [1.807, 2.05) is 35.1 Å². The van der Waals surface area contributed by atoms with E-state index in [2.05, 4.69) is 10.3 Å². The molecule has 6 heteroatoms. The Labute approximate surface area is 138 Å². The first kappa shape index (κ1) is 13.9. The monoisotopic (exact) mass is 321 g/mol. The van der Waals surface area contributed by atoms with E-state index in [9.17, 15) is 4.79 Å². The first-order valence-electron chi connectivity index (χ1n) is 8.34. The van der Waals surface area contributed by atoms with Gasteiger partial charge in [0, 0.05) is 18.6 Å². The Bertz CT molecular complexity index is 1000. The van der Waals surface area contributed by atoms with E-state index in [1.165, 1.54) is 19.3 Å². The molecule has 3 aromatic rings. The van der Waals surface area contributed by atoms with Crippen LogP contribution in [0.15, 0.2) is 41.5 Å². The fourth-order valence-electron chi connectivity index (χ4n) is 4.19. The quantitative estimate of drug-likeness (QED) is 0.796. The van der Waals surface area contributed by atoms with E-state index in [0.29, 0.717) is 5.39 Å². The first-order chi connectivity index (χ1) is 11.6. The largest absolute Gasteiger partial charge is 0.319 e. The van der Waals surface area contributed by atoms with E-state index in [0.717, 1.165) is 22.6 Å². The second-order valence-electron chi connectivity index (χ2n) is 7.31. The summed E-state index contributed by atoms with van der Waals surface area (Å²) in [6.45, 7) is 0. The van der Waals surface area contributed by atoms with Gasteiger partial charge in [-0.3, -0.25) is 4.79 Å². The summed E-state index contributed by atoms with van der Waals surface area (Å²) in [6, 6.07) is 7.24. The zero-order valence-corrected chi connectivity index (χ0v) is 13.5. The maximum absolute atomic E-state index is 12.3. The summed E-state index contributed by atoms with van der Waals surface area (Å²) in [5.41, 5.74) is 8.34. The molecule has 0 spiro atoms. The molecule has 3 fully saturated rings. The lowest BCUT2D eigenvalue weighted by Gasteiger charge is -2.61. The number of aromatic nitrogens is 4. The third-order valence-corrected chi connectivity index (χ3v) is 5.81. The van der Waals surface area contributed by atoms with E-state index in [-0.39, 0.29) is 17.1 Å². The fourth-order valence-corrected chi connectivity index (χ4v) is 4.19. The minimum atomic E-state index is -0.387. The van der Waals surface area contributed by atoms with Crippen LogP contribution in [0.25, 0.3) is 10.8 Å². The van der Waals surface area contributed by atoms with Gasteiger partial charge in [0.05, 0.1) is 17.8 Å². The minimum Gasteiger partial charge on any atom is -0.319 e. The second kappa shape index (κ2) is 4.54. The maximum Gasteiger partial charge on any atom is 0.258 e. The molecule has 0 unspecified atom stereocenters. The molecule has 0 radical (unpaired) electrons. The van der Waals surface area contributed by atoms with Gasteiger partial charge in [-0.15, -0.1) is 5.10 Å². The van der Waals surface area contributed by atoms with E-state index >= 15 is 0 Å². The Morgan fingerprint density at radius 2 is 2.04 bits per heavy atom. The van der Waals surface area contributed by atoms with E-state index in [4.69, 9.17) is 5.73 Å². The number of fused-ring (bicyclic) bond motifs is 1. The van der Waals surface area contributed by atoms with Crippen molar-refractivity contribution in [1.29, 1.82) is 0 Å². The molecule has 6 nitrogen and oxygen atoms in total. The zero-order valence-electron chi connectivity index (χ0n) is 13.5. The SMILES string of the molecule is Cn1ccc2c([C@H](N)c3cn(C45CC(C4)C5)nn3)cccc2c1=O. The maximum atomic E-state index is 12.3. The first-order valence-corrected chi connectivity index (χ1v) is 8.34. The summed E-state index contributed by atoms with van der Waals surface area (Å²) >= 11 is 0. The Kier molecular flexibility index (Phi) is 2.63. The molecule has 0 aliphatic heterocycles. The van der Waals surface area contributed by atoms with Crippen LogP contribution in [-0.2, 0) is 12.6 Å².